The molecule has 0 radical (unpaired) electrons. The van der Waals surface area contributed by atoms with E-state index in [9.17, 15) is 20.0 Å². The number of rotatable bonds is 5. The molecule has 6 heteroatoms. The van der Waals surface area contributed by atoms with E-state index in [1.54, 1.807) is 46.8 Å². The van der Waals surface area contributed by atoms with E-state index in [1.165, 1.54) is 6.08 Å². The summed E-state index contributed by atoms with van der Waals surface area (Å²) >= 11 is 0. The zero-order valence-corrected chi connectivity index (χ0v) is 16.1. The Morgan fingerprint density at radius 2 is 1.81 bits per heavy atom. The second-order valence-corrected chi connectivity index (χ2v) is 6.35. The number of aryl methyl sites for hydroxylation is 3. The molecule has 1 aromatic heterocycles. The maximum Gasteiger partial charge on any atom is 0.340 e. The van der Waals surface area contributed by atoms with E-state index in [-0.39, 0.29) is 23.6 Å². The fourth-order valence-corrected chi connectivity index (χ4v) is 3.01. The van der Waals surface area contributed by atoms with Gasteiger partial charge < -0.3 is 14.8 Å². The normalized spacial score (nSPS) is 11.2. The highest BCUT2D eigenvalue weighted by Gasteiger charge is 2.24. The number of ketones is 1. The maximum atomic E-state index is 12.9. The number of nitriles is 1. The van der Waals surface area contributed by atoms with Gasteiger partial charge in [0.05, 0.1) is 17.9 Å². The van der Waals surface area contributed by atoms with Crippen LogP contribution in [0.4, 0.5) is 0 Å². The number of aromatic nitrogens is 1. The number of carbonyl (C=O) groups excluding carboxylic acids is 2. The number of esters is 1. The lowest BCUT2D eigenvalue weighted by molar-refractivity contribution is 0.0525. The van der Waals surface area contributed by atoms with Crippen molar-refractivity contribution < 1.29 is 19.4 Å². The summed E-state index contributed by atoms with van der Waals surface area (Å²) in [5, 5.41) is 19.4. The van der Waals surface area contributed by atoms with Crippen LogP contribution in [0.3, 0.4) is 0 Å². The summed E-state index contributed by atoms with van der Waals surface area (Å²) < 4.78 is 5.03. The van der Waals surface area contributed by atoms with Gasteiger partial charge in [-0.1, -0.05) is 0 Å². The number of phenolic OH excluding ortho intramolecular Hbond substituents is 1. The van der Waals surface area contributed by atoms with Crippen molar-refractivity contribution in [1.82, 2.24) is 4.98 Å². The Morgan fingerprint density at radius 1 is 1.22 bits per heavy atom. The van der Waals surface area contributed by atoms with Gasteiger partial charge in [-0.05, 0) is 75.1 Å². The standard InChI is InChI=1S/C21H22N2O4/c1-6-27-21(26)17-13(4)18(23-14(17)5)20(25)16(10-22)9-15-7-11(2)19(24)12(3)8-15/h7-9,23-24H,6H2,1-5H3/b16-9+. The van der Waals surface area contributed by atoms with Gasteiger partial charge in [0.2, 0.25) is 5.78 Å². The molecule has 0 saturated heterocycles. The highest BCUT2D eigenvalue weighted by molar-refractivity contribution is 6.15. The number of hydrogen-bond acceptors (Lipinski definition) is 5. The number of hydrogen-bond donors (Lipinski definition) is 2. The molecule has 1 heterocycles. The van der Waals surface area contributed by atoms with Gasteiger partial charge in [-0.3, -0.25) is 4.79 Å². The van der Waals surface area contributed by atoms with E-state index < -0.39 is 11.8 Å². The Morgan fingerprint density at radius 3 is 2.33 bits per heavy atom. The first kappa shape index (κ1) is 20.0. The quantitative estimate of drug-likeness (QED) is 0.361. The van der Waals surface area contributed by atoms with E-state index in [0.717, 1.165) is 0 Å². The molecule has 0 saturated carbocycles. The number of phenols is 1. The smallest absolute Gasteiger partial charge is 0.340 e. The van der Waals surface area contributed by atoms with E-state index >= 15 is 0 Å². The molecule has 0 aliphatic carbocycles. The van der Waals surface area contributed by atoms with Crippen LogP contribution in [0.1, 0.15) is 55.7 Å². The molecule has 0 fully saturated rings. The summed E-state index contributed by atoms with van der Waals surface area (Å²) in [6, 6.07) is 5.32. The lowest BCUT2D eigenvalue weighted by Crippen LogP contribution is -2.08. The summed E-state index contributed by atoms with van der Waals surface area (Å²) in [6.45, 7) is 8.76. The number of benzene rings is 1. The van der Waals surface area contributed by atoms with Crippen LogP contribution in [0.2, 0.25) is 0 Å². The van der Waals surface area contributed by atoms with Crippen LogP contribution >= 0.6 is 0 Å². The van der Waals surface area contributed by atoms with Gasteiger partial charge in [0.15, 0.2) is 0 Å². The van der Waals surface area contributed by atoms with Gasteiger partial charge in [0.25, 0.3) is 0 Å². The van der Waals surface area contributed by atoms with E-state index in [4.69, 9.17) is 4.74 Å². The van der Waals surface area contributed by atoms with E-state index in [0.29, 0.717) is 33.5 Å². The molecule has 0 unspecified atom stereocenters. The van der Waals surface area contributed by atoms with Crippen molar-refractivity contribution in [2.24, 2.45) is 0 Å². The van der Waals surface area contributed by atoms with Crippen LogP contribution in [0.25, 0.3) is 6.08 Å². The molecule has 27 heavy (non-hydrogen) atoms. The zero-order valence-electron chi connectivity index (χ0n) is 16.1. The van der Waals surface area contributed by atoms with Crippen LogP contribution in [0.15, 0.2) is 17.7 Å². The van der Waals surface area contributed by atoms with Gasteiger partial charge in [-0.2, -0.15) is 5.26 Å². The fraction of sp³-hybridized carbons (Fsp3) is 0.286. The first-order chi connectivity index (χ1) is 12.7. The molecule has 0 spiro atoms. The number of Topliss-reactive ketones (excluding diaryl/α,β-unsaturated/α-hetero) is 1. The number of carbonyl (C=O) groups is 2. The third kappa shape index (κ3) is 3.93. The number of nitrogens with one attached hydrogen (secondary N) is 1. The minimum atomic E-state index is -0.505. The monoisotopic (exact) mass is 366 g/mol. The van der Waals surface area contributed by atoms with Crippen LogP contribution < -0.4 is 0 Å². The number of aromatic hydroxyl groups is 1. The molecular formula is C21H22N2O4. The van der Waals surface area contributed by atoms with Crippen molar-refractivity contribution in [2.75, 3.05) is 6.61 Å². The predicted octanol–water partition coefficient (Wildman–Crippen LogP) is 3.92. The van der Waals surface area contributed by atoms with E-state index in [2.05, 4.69) is 4.98 Å². The molecule has 0 bridgehead atoms. The second-order valence-electron chi connectivity index (χ2n) is 6.35. The zero-order chi connectivity index (χ0) is 20.3. The number of allylic oxidation sites excluding steroid dienone is 1. The molecule has 6 nitrogen and oxygen atoms in total. The largest absolute Gasteiger partial charge is 0.507 e. The Bertz CT molecular complexity index is 967. The first-order valence-electron chi connectivity index (χ1n) is 8.54. The topological polar surface area (TPSA) is 103 Å². The lowest BCUT2D eigenvalue weighted by atomic mass is 10.00. The molecule has 2 rings (SSSR count). The van der Waals surface area contributed by atoms with Crippen molar-refractivity contribution in [3.63, 3.8) is 0 Å². The molecule has 2 aromatic rings. The van der Waals surface area contributed by atoms with Crippen LogP contribution in [0.5, 0.6) is 5.75 Å². The molecule has 0 aliphatic heterocycles. The molecule has 2 N–H and O–H groups in total. The van der Waals surface area contributed by atoms with E-state index in [1.807, 2.05) is 6.07 Å². The fourth-order valence-electron chi connectivity index (χ4n) is 3.01. The number of H-pyrrole nitrogens is 1. The Labute approximate surface area is 158 Å². The third-order valence-corrected chi connectivity index (χ3v) is 4.33. The van der Waals surface area contributed by atoms with Crippen LogP contribution in [-0.4, -0.2) is 28.4 Å². The average molecular weight is 366 g/mol. The molecule has 1 aromatic carbocycles. The summed E-state index contributed by atoms with van der Waals surface area (Å²) in [7, 11) is 0. The molecule has 140 valence electrons. The third-order valence-electron chi connectivity index (χ3n) is 4.33. The lowest BCUT2D eigenvalue weighted by Gasteiger charge is -2.06. The minimum absolute atomic E-state index is 0.0701. The molecule has 0 atom stereocenters. The van der Waals surface area contributed by atoms with Gasteiger partial charge in [-0.25, -0.2) is 4.79 Å². The number of nitrogens with zero attached hydrogens (tertiary/aromatic N) is 1. The highest BCUT2D eigenvalue weighted by Crippen LogP contribution is 2.26. The Kier molecular flexibility index (Phi) is 5.86. The van der Waals surface area contributed by atoms with Gasteiger partial charge in [0, 0.05) is 5.69 Å². The summed E-state index contributed by atoms with van der Waals surface area (Å²) in [4.78, 5) is 27.9. The van der Waals surface area contributed by atoms with Gasteiger partial charge >= 0.3 is 5.97 Å². The second kappa shape index (κ2) is 7.92. The molecular weight excluding hydrogens is 344 g/mol. The van der Waals surface area contributed by atoms with Gasteiger partial charge in [-0.15, -0.1) is 0 Å². The number of ether oxygens (including phenoxy) is 1. The molecule has 0 aliphatic rings. The molecule has 0 amide bonds. The average Bonchev–Trinajstić information content (AvgIpc) is 2.91. The predicted molar refractivity (Wildman–Crippen MR) is 102 cm³/mol. The Balaban J connectivity index is 2.48. The van der Waals surface area contributed by atoms with Crippen molar-refractivity contribution in [3.8, 4) is 11.8 Å². The van der Waals surface area contributed by atoms with Crippen molar-refractivity contribution in [1.29, 1.82) is 5.26 Å². The first-order valence-corrected chi connectivity index (χ1v) is 8.54. The summed E-state index contributed by atoms with van der Waals surface area (Å²) in [5.74, 6) is -0.820. The van der Waals surface area contributed by atoms with Crippen molar-refractivity contribution in [3.05, 3.63) is 56.9 Å². The maximum absolute atomic E-state index is 12.9. The van der Waals surface area contributed by atoms with Crippen molar-refractivity contribution >= 4 is 17.8 Å². The summed E-state index contributed by atoms with van der Waals surface area (Å²) in [6.07, 6.45) is 1.47. The van der Waals surface area contributed by atoms with Crippen molar-refractivity contribution in [2.45, 2.75) is 34.6 Å². The number of aromatic amines is 1. The van der Waals surface area contributed by atoms with Crippen LogP contribution in [0, 0.1) is 39.0 Å². The highest BCUT2D eigenvalue weighted by atomic mass is 16.5. The minimum Gasteiger partial charge on any atom is -0.507 e. The van der Waals surface area contributed by atoms with Crippen LogP contribution in [-0.2, 0) is 4.74 Å². The summed E-state index contributed by atoms with van der Waals surface area (Å²) in [5.41, 5.74) is 3.35. The Hall–Kier alpha value is -3.33. The van der Waals surface area contributed by atoms with Gasteiger partial charge in [0.1, 0.15) is 17.4 Å². The SMILES string of the molecule is CCOC(=O)c1c(C)[nH]c(C(=O)/C(C#N)=C/c2cc(C)c(O)c(C)c2)c1C.